The van der Waals surface area contributed by atoms with Crippen molar-refractivity contribution in [3.63, 3.8) is 0 Å². The molecular formula is C16H23Cl2N. The van der Waals surface area contributed by atoms with Crippen LogP contribution in [0.15, 0.2) is 18.2 Å². The van der Waals surface area contributed by atoms with Crippen molar-refractivity contribution in [3.05, 3.63) is 33.8 Å². The highest BCUT2D eigenvalue weighted by Gasteiger charge is 2.26. The first-order chi connectivity index (χ1) is 9.10. The van der Waals surface area contributed by atoms with Gasteiger partial charge in [-0.2, -0.15) is 0 Å². The molecule has 0 aliphatic heterocycles. The second-order valence-electron chi connectivity index (χ2n) is 5.80. The first kappa shape index (κ1) is 15.2. The van der Waals surface area contributed by atoms with Crippen molar-refractivity contribution >= 4 is 23.2 Å². The van der Waals surface area contributed by atoms with Gasteiger partial charge in [-0.3, -0.25) is 0 Å². The van der Waals surface area contributed by atoms with Crippen molar-refractivity contribution < 1.29 is 0 Å². The third-order valence-electron chi connectivity index (χ3n) is 4.48. The Kier molecular flexibility index (Phi) is 5.56. The van der Waals surface area contributed by atoms with Crippen LogP contribution in [0.1, 0.15) is 44.6 Å². The van der Waals surface area contributed by atoms with Gasteiger partial charge in [0, 0.05) is 16.1 Å². The lowest BCUT2D eigenvalue weighted by Crippen LogP contribution is -2.35. The standard InChI is InChI=1S/C16H23Cl2N/c1-2-11-4-3-5-13(8-11)16(19)9-12-6-7-14(17)10-15(12)18/h6-7,10-11,13,16H,2-5,8-9,19H2,1H3. The fourth-order valence-electron chi connectivity index (χ4n) is 3.20. The van der Waals surface area contributed by atoms with Crippen LogP contribution in [-0.2, 0) is 6.42 Å². The molecule has 3 atom stereocenters. The van der Waals surface area contributed by atoms with Crippen LogP contribution < -0.4 is 5.73 Å². The van der Waals surface area contributed by atoms with Gasteiger partial charge in [0.2, 0.25) is 0 Å². The van der Waals surface area contributed by atoms with Gasteiger partial charge < -0.3 is 5.73 Å². The maximum absolute atomic E-state index is 6.41. The predicted molar refractivity (Wildman–Crippen MR) is 83.9 cm³/mol. The minimum atomic E-state index is 0.216. The van der Waals surface area contributed by atoms with E-state index in [1.54, 1.807) is 6.07 Å². The highest BCUT2D eigenvalue weighted by molar-refractivity contribution is 6.35. The van der Waals surface area contributed by atoms with Gasteiger partial charge >= 0.3 is 0 Å². The van der Waals surface area contributed by atoms with Crippen LogP contribution in [0.25, 0.3) is 0 Å². The summed E-state index contributed by atoms with van der Waals surface area (Å²) in [6, 6.07) is 5.92. The summed E-state index contributed by atoms with van der Waals surface area (Å²) in [4.78, 5) is 0. The van der Waals surface area contributed by atoms with Gasteiger partial charge in [-0.25, -0.2) is 0 Å². The Morgan fingerprint density at radius 3 is 2.79 bits per heavy atom. The third-order valence-corrected chi connectivity index (χ3v) is 5.06. The summed E-state index contributed by atoms with van der Waals surface area (Å²) in [6.45, 7) is 2.29. The molecule has 0 saturated heterocycles. The zero-order valence-corrected chi connectivity index (χ0v) is 13.1. The van der Waals surface area contributed by atoms with Gasteiger partial charge in [0.25, 0.3) is 0 Å². The molecule has 1 aromatic carbocycles. The summed E-state index contributed by atoms with van der Waals surface area (Å²) >= 11 is 12.2. The molecule has 2 N–H and O–H groups in total. The van der Waals surface area contributed by atoms with E-state index in [1.807, 2.05) is 12.1 Å². The van der Waals surface area contributed by atoms with Crippen LogP contribution in [0.5, 0.6) is 0 Å². The zero-order valence-electron chi connectivity index (χ0n) is 11.5. The molecule has 0 amide bonds. The topological polar surface area (TPSA) is 26.0 Å². The fraction of sp³-hybridized carbons (Fsp3) is 0.625. The van der Waals surface area contributed by atoms with Crippen LogP contribution in [0.4, 0.5) is 0 Å². The average Bonchev–Trinajstić information content (AvgIpc) is 2.42. The number of benzene rings is 1. The maximum Gasteiger partial charge on any atom is 0.0453 e. The van der Waals surface area contributed by atoms with Crippen molar-refractivity contribution in [3.8, 4) is 0 Å². The molecule has 1 aliphatic rings. The second-order valence-corrected chi connectivity index (χ2v) is 6.65. The number of nitrogens with two attached hydrogens (primary N) is 1. The molecule has 19 heavy (non-hydrogen) atoms. The van der Waals surface area contributed by atoms with Gasteiger partial charge in [0.1, 0.15) is 0 Å². The van der Waals surface area contributed by atoms with E-state index in [9.17, 15) is 0 Å². The van der Waals surface area contributed by atoms with Crippen molar-refractivity contribution in [2.75, 3.05) is 0 Å². The first-order valence-electron chi connectivity index (χ1n) is 7.29. The predicted octanol–water partition coefficient (Wildman–Crippen LogP) is 5.08. The van der Waals surface area contributed by atoms with E-state index in [4.69, 9.17) is 28.9 Å². The quantitative estimate of drug-likeness (QED) is 0.824. The molecule has 1 saturated carbocycles. The molecule has 1 fully saturated rings. The normalized spacial score (nSPS) is 25.3. The fourth-order valence-corrected chi connectivity index (χ4v) is 3.69. The Balaban J connectivity index is 1.98. The van der Waals surface area contributed by atoms with Gasteiger partial charge in [0.15, 0.2) is 0 Å². The Hall–Kier alpha value is -0.240. The van der Waals surface area contributed by atoms with Crippen molar-refractivity contribution in [2.45, 2.75) is 51.5 Å². The monoisotopic (exact) mass is 299 g/mol. The highest BCUT2D eigenvalue weighted by Crippen LogP contribution is 2.34. The van der Waals surface area contributed by atoms with Gasteiger partial charge in [0.05, 0.1) is 0 Å². The molecule has 2 rings (SSSR count). The molecular weight excluding hydrogens is 277 g/mol. The highest BCUT2D eigenvalue weighted by atomic mass is 35.5. The summed E-state index contributed by atoms with van der Waals surface area (Å²) in [5.41, 5.74) is 7.54. The van der Waals surface area contributed by atoms with E-state index in [1.165, 1.54) is 32.1 Å². The molecule has 0 heterocycles. The average molecular weight is 300 g/mol. The maximum atomic E-state index is 6.41. The van der Waals surface area contributed by atoms with Crippen LogP contribution in [0.2, 0.25) is 10.0 Å². The molecule has 1 aliphatic carbocycles. The Bertz CT molecular complexity index is 419. The van der Waals surface area contributed by atoms with Crippen molar-refractivity contribution in [2.24, 2.45) is 17.6 Å². The Morgan fingerprint density at radius 2 is 2.11 bits per heavy atom. The lowest BCUT2D eigenvalue weighted by atomic mass is 9.76. The number of hydrogen-bond donors (Lipinski definition) is 1. The van der Waals surface area contributed by atoms with E-state index >= 15 is 0 Å². The number of rotatable bonds is 4. The minimum Gasteiger partial charge on any atom is -0.327 e. The van der Waals surface area contributed by atoms with Crippen molar-refractivity contribution in [1.82, 2.24) is 0 Å². The van der Waals surface area contributed by atoms with Crippen LogP contribution >= 0.6 is 23.2 Å². The molecule has 0 radical (unpaired) electrons. The lowest BCUT2D eigenvalue weighted by molar-refractivity contribution is 0.228. The summed E-state index contributed by atoms with van der Waals surface area (Å²) in [5.74, 6) is 1.51. The van der Waals surface area contributed by atoms with Crippen molar-refractivity contribution in [1.29, 1.82) is 0 Å². The molecule has 3 heteroatoms. The van der Waals surface area contributed by atoms with E-state index in [2.05, 4.69) is 6.92 Å². The van der Waals surface area contributed by atoms with Crippen LogP contribution in [0.3, 0.4) is 0 Å². The molecule has 1 nitrogen and oxygen atoms in total. The van der Waals surface area contributed by atoms with Gasteiger partial charge in [-0.05, 0) is 48.8 Å². The summed E-state index contributed by atoms with van der Waals surface area (Å²) in [5, 5.41) is 1.43. The smallest absolute Gasteiger partial charge is 0.0453 e. The molecule has 0 bridgehead atoms. The number of halogens is 2. The zero-order chi connectivity index (χ0) is 13.8. The summed E-state index contributed by atoms with van der Waals surface area (Å²) in [7, 11) is 0. The summed E-state index contributed by atoms with van der Waals surface area (Å²) in [6.07, 6.45) is 7.39. The lowest BCUT2D eigenvalue weighted by Gasteiger charge is -2.32. The Labute approximate surface area is 126 Å². The van der Waals surface area contributed by atoms with E-state index in [0.717, 1.165) is 22.9 Å². The van der Waals surface area contributed by atoms with Crippen LogP contribution in [0, 0.1) is 11.8 Å². The molecule has 0 spiro atoms. The molecule has 106 valence electrons. The van der Waals surface area contributed by atoms with E-state index < -0.39 is 0 Å². The second kappa shape index (κ2) is 6.97. The van der Waals surface area contributed by atoms with Gasteiger partial charge in [-0.15, -0.1) is 0 Å². The van der Waals surface area contributed by atoms with Gasteiger partial charge in [-0.1, -0.05) is 55.5 Å². The third kappa shape index (κ3) is 4.11. The van der Waals surface area contributed by atoms with E-state index in [-0.39, 0.29) is 6.04 Å². The summed E-state index contributed by atoms with van der Waals surface area (Å²) < 4.78 is 0. The number of hydrogen-bond acceptors (Lipinski definition) is 1. The first-order valence-corrected chi connectivity index (χ1v) is 8.05. The largest absolute Gasteiger partial charge is 0.327 e. The molecule has 0 aromatic heterocycles. The molecule has 3 unspecified atom stereocenters. The van der Waals surface area contributed by atoms with Crippen LogP contribution in [-0.4, -0.2) is 6.04 Å². The Morgan fingerprint density at radius 1 is 1.32 bits per heavy atom. The molecule has 1 aromatic rings. The van der Waals surface area contributed by atoms with E-state index in [0.29, 0.717) is 10.9 Å². The minimum absolute atomic E-state index is 0.216. The SMILES string of the molecule is CCC1CCCC(C(N)Cc2ccc(Cl)cc2Cl)C1.